The highest BCUT2D eigenvalue weighted by molar-refractivity contribution is 5.80. The van der Waals surface area contributed by atoms with Crippen molar-refractivity contribution in [3.63, 3.8) is 0 Å². The Labute approximate surface area is 161 Å². The molecule has 152 valence electrons. The zero-order valence-corrected chi connectivity index (χ0v) is 15.7. The zero-order valence-electron chi connectivity index (χ0n) is 15.7. The van der Waals surface area contributed by atoms with Crippen LogP contribution in [-0.4, -0.2) is 41.7 Å². The molecule has 0 radical (unpaired) electrons. The highest BCUT2D eigenvalue weighted by Gasteiger charge is 2.30. The maximum absolute atomic E-state index is 12.7. The summed E-state index contributed by atoms with van der Waals surface area (Å²) >= 11 is 0. The van der Waals surface area contributed by atoms with Gasteiger partial charge in [0.2, 0.25) is 0 Å². The largest absolute Gasteiger partial charge is 0.416 e. The summed E-state index contributed by atoms with van der Waals surface area (Å²) in [5.41, 5.74) is 1.02. The van der Waals surface area contributed by atoms with Crippen molar-refractivity contribution in [3.8, 4) is 0 Å². The quantitative estimate of drug-likeness (QED) is 0.582. The summed E-state index contributed by atoms with van der Waals surface area (Å²) in [5, 5.41) is 10.5. The minimum atomic E-state index is -4.30. The molecule has 1 aliphatic rings. The van der Waals surface area contributed by atoms with Crippen molar-refractivity contribution in [1.29, 1.82) is 0 Å². The third-order valence-electron chi connectivity index (χ3n) is 4.54. The van der Waals surface area contributed by atoms with Gasteiger partial charge in [-0.15, -0.1) is 0 Å². The Morgan fingerprint density at radius 2 is 2.07 bits per heavy atom. The first-order valence-electron chi connectivity index (χ1n) is 9.26. The molecular weight excluding hydrogens is 371 g/mol. The minimum absolute atomic E-state index is 0.226. The fourth-order valence-electron chi connectivity index (χ4n) is 3.14. The molecule has 1 aromatic carbocycles. The van der Waals surface area contributed by atoms with Crippen LogP contribution in [0, 0.1) is 0 Å². The molecule has 6 nitrogen and oxygen atoms in total. The Kier molecular flexibility index (Phi) is 6.56. The molecule has 2 heterocycles. The molecule has 0 bridgehead atoms. The highest BCUT2D eigenvalue weighted by atomic mass is 19.4. The number of aromatic nitrogens is 1. The van der Waals surface area contributed by atoms with Crippen LogP contribution in [0.1, 0.15) is 30.2 Å². The molecule has 0 amide bonds. The van der Waals surface area contributed by atoms with Gasteiger partial charge in [0.25, 0.3) is 0 Å². The fourth-order valence-corrected chi connectivity index (χ4v) is 3.14. The molecule has 2 aromatic rings. The molecule has 1 saturated heterocycles. The van der Waals surface area contributed by atoms with Gasteiger partial charge in [-0.05, 0) is 31.0 Å². The van der Waals surface area contributed by atoms with Crippen molar-refractivity contribution >= 4 is 5.96 Å². The van der Waals surface area contributed by atoms with Crippen molar-refractivity contribution in [2.75, 3.05) is 19.6 Å². The van der Waals surface area contributed by atoms with Crippen molar-refractivity contribution in [1.82, 2.24) is 20.7 Å². The van der Waals surface area contributed by atoms with E-state index in [1.165, 1.54) is 6.26 Å². The van der Waals surface area contributed by atoms with Crippen LogP contribution >= 0.6 is 0 Å². The Hall–Kier alpha value is -2.55. The van der Waals surface area contributed by atoms with Crippen LogP contribution in [0.2, 0.25) is 0 Å². The van der Waals surface area contributed by atoms with E-state index in [1.807, 2.05) is 6.92 Å². The van der Waals surface area contributed by atoms with Gasteiger partial charge in [-0.25, -0.2) is 4.99 Å². The second-order valence-corrected chi connectivity index (χ2v) is 6.75. The summed E-state index contributed by atoms with van der Waals surface area (Å²) in [6, 6.07) is 7.38. The van der Waals surface area contributed by atoms with E-state index in [4.69, 9.17) is 4.52 Å². The molecule has 1 atom stereocenters. The van der Waals surface area contributed by atoms with Crippen LogP contribution in [-0.2, 0) is 19.3 Å². The van der Waals surface area contributed by atoms with Gasteiger partial charge in [-0.1, -0.05) is 17.3 Å². The standard InChI is InChI=1S/C19H24F3N5O/c1-2-23-18(24-11-16-8-10-28-26-16)25-17-7-9-27(13-17)12-14-3-5-15(6-4-14)19(20,21)22/h3-6,8,10,17H,2,7,9,11-13H2,1H3,(H2,23,24,25). The van der Waals surface area contributed by atoms with Crippen molar-refractivity contribution in [2.24, 2.45) is 4.99 Å². The molecule has 1 aliphatic heterocycles. The second-order valence-electron chi connectivity index (χ2n) is 6.75. The van der Waals surface area contributed by atoms with Gasteiger partial charge in [0, 0.05) is 38.3 Å². The molecule has 2 N–H and O–H groups in total. The molecule has 0 spiro atoms. The number of halogens is 3. The van der Waals surface area contributed by atoms with Crippen LogP contribution in [0.25, 0.3) is 0 Å². The number of rotatable bonds is 6. The van der Waals surface area contributed by atoms with Gasteiger partial charge in [0.05, 0.1) is 12.1 Å². The predicted molar refractivity (Wildman–Crippen MR) is 99.6 cm³/mol. The number of hydrogen-bond acceptors (Lipinski definition) is 4. The third-order valence-corrected chi connectivity index (χ3v) is 4.54. The lowest BCUT2D eigenvalue weighted by molar-refractivity contribution is -0.137. The van der Waals surface area contributed by atoms with Crippen LogP contribution < -0.4 is 10.6 Å². The summed E-state index contributed by atoms with van der Waals surface area (Å²) in [4.78, 5) is 6.73. The van der Waals surface area contributed by atoms with E-state index in [2.05, 4.69) is 25.7 Å². The van der Waals surface area contributed by atoms with Crippen LogP contribution in [0.3, 0.4) is 0 Å². The van der Waals surface area contributed by atoms with E-state index in [1.54, 1.807) is 18.2 Å². The van der Waals surface area contributed by atoms with E-state index < -0.39 is 11.7 Å². The molecule has 1 fully saturated rings. The highest BCUT2D eigenvalue weighted by Crippen LogP contribution is 2.29. The number of alkyl halides is 3. The van der Waals surface area contributed by atoms with Crippen molar-refractivity contribution in [2.45, 2.75) is 38.7 Å². The van der Waals surface area contributed by atoms with E-state index >= 15 is 0 Å². The average Bonchev–Trinajstić information content (AvgIpc) is 3.32. The van der Waals surface area contributed by atoms with Crippen LogP contribution in [0.15, 0.2) is 46.1 Å². The van der Waals surface area contributed by atoms with Gasteiger partial charge in [-0.3, -0.25) is 4.90 Å². The minimum Gasteiger partial charge on any atom is -0.364 e. The lowest BCUT2D eigenvalue weighted by atomic mass is 10.1. The maximum atomic E-state index is 12.7. The SMILES string of the molecule is CCNC(=NCc1ccon1)NC1CCN(Cc2ccc(C(F)(F)F)cc2)C1. The Morgan fingerprint density at radius 1 is 1.29 bits per heavy atom. The van der Waals surface area contributed by atoms with Crippen molar-refractivity contribution in [3.05, 3.63) is 53.4 Å². The topological polar surface area (TPSA) is 65.7 Å². The van der Waals surface area contributed by atoms with E-state index in [9.17, 15) is 13.2 Å². The second kappa shape index (κ2) is 9.09. The predicted octanol–water partition coefficient (Wildman–Crippen LogP) is 3.02. The third kappa shape index (κ3) is 5.72. The summed E-state index contributed by atoms with van der Waals surface area (Å²) in [5.74, 6) is 0.715. The van der Waals surface area contributed by atoms with Gasteiger partial charge in [0.1, 0.15) is 12.0 Å². The van der Waals surface area contributed by atoms with E-state index in [0.29, 0.717) is 19.0 Å². The lowest BCUT2D eigenvalue weighted by Crippen LogP contribution is -2.44. The van der Waals surface area contributed by atoms with Gasteiger partial charge in [0.15, 0.2) is 5.96 Å². The number of hydrogen-bond donors (Lipinski definition) is 2. The summed E-state index contributed by atoms with van der Waals surface area (Å²) in [7, 11) is 0. The molecule has 1 unspecified atom stereocenters. The molecule has 9 heteroatoms. The number of nitrogens with zero attached hydrogens (tertiary/aromatic N) is 3. The van der Waals surface area contributed by atoms with E-state index in [0.717, 1.165) is 49.4 Å². The van der Waals surface area contributed by atoms with Crippen LogP contribution in [0.4, 0.5) is 13.2 Å². The monoisotopic (exact) mass is 395 g/mol. The lowest BCUT2D eigenvalue weighted by Gasteiger charge is -2.19. The molecule has 0 aliphatic carbocycles. The van der Waals surface area contributed by atoms with Crippen molar-refractivity contribution < 1.29 is 17.7 Å². The summed E-state index contributed by atoms with van der Waals surface area (Å²) < 4.78 is 42.8. The Balaban J connectivity index is 1.51. The smallest absolute Gasteiger partial charge is 0.364 e. The van der Waals surface area contributed by atoms with Gasteiger partial charge in [-0.2, -0.15) is 13.2 Å². The first kappa shape index (κ1) is 20.2. The molecule has 28 heavy (non-hydrogen) atoms. The Bertz CT molecular complexity index is 759. The summed E-state index contributed by atoms with van der Waals surface area (Å²) in [6.45, 7) is 5.47. The van der Waals surface area contributed by atoms with Gasteiger partial charge < -0.3 is 15.2 Å². The van der Waals surface area contributed by atoms with Gasteiger partial charge >= 0.3 is 6.18 Å². The van der Waals surface area contributed by atoms with Crippen LogP contribution in [0.5, 0.6) is 0 Å². The van der Waals surface area contributed by atoms with E-state index in [-0.39, 0.29) is 6.04 Å². The molecule has 0 saturated carbocycles. The Morgan fingerprint density at radius 3 is 2.71 bits per heavy atom. The first-order valence-corrected chi connectivity index (χ1v) is 9.26. The first-order chi connectivity index (χ1) is 13.4. The maximum Gasteiger partial charge on any atom is 0.416 e. The number of guanidine groups is 1. The average molecular weight is 395 g/mol. The normalized spacial score (nSPS) is 18.4. The molecular formula is C19H24F3N5O. The number of aliphatic imine (C=N–C) groups is 1. The summed E-state index contributed by atoms with van der Waals surface area (Å²) in [6.07, 6.45) is -1.84. The fraction of sp³-hybridized carbons (Fsp3) is 0.474. The number of benzene rings is 1. The molecule has 1 aromatic heterocycles. The molecule has 3 rings (SSSR count). The zero-order chi connectivity index (χ0) is 20.0. The number of likely N-dealkylation sites (tertiary alicyclic amines) is 1. The number of nitrogens with one attached hydrogen (secondary N) is 2.